The molecule has 3 unspecified atom stereocenters. The highest BCUT2D eigenvalue weighted by Crippen LogP contribution is 2.43. The number of carboxylic acids is 1. The minimum Gasteiger partial charge on any atom is -0.478 e. The van der Waals surface area contributed by atoms with Gasteiger partial charge < -0.3 is 26.0 Å². The summed E-state index contributed by atoms with van der Waals surface area (Å²) in [6.07, 6.45) is -0.473. The minimum absolute atomic E-state index is 0.00445. The number of nitrogens with zero attached hydrogens (tertiary/aromatic N) is 1. The number of nitrogens with one attached hydrogen (secondary N) is 3. The second-order valence-electron chi connectivity index (χ2n) is 10.9. The van der Waals surface area contributed by atoms with Crippen molar-refractivity contribution in [3.63, 3.8) is 0 Å². The van der Waals surface area contributed by atoms with E-state index in [1.54, 1.807) is 0 Å². The standard InChI is InChI=1S/C31H32F2N4O7S/c1-18(2)16-34-29(39)24-15-26(45(43,44)25-13-6-5-12-23(25)33)28(21-10-3-4-11-22(21)32)37(24)27(38)17-35-31(42)36-20-9-7-8-19(14-20)30(40)41/h3-14,18,24,26,28H,15-17H2,1-2H3,(H,34,39)(H,40,41)(H2,35,36,42). The van der Waals surface area contributed by atoms with E-state index in [0.717, 1.165) is 23.1 Å². The third-order valence-electron chi connectivity index (χ3n) is 7.25. The third-order valence-corrected chi connectivity index (χ3v) is 9.44. The van der Waals surface area contributed by atoms with Crippen LogP contribution >= 0.6 is 0 Å². The van der Waals surface area contributed by atoms with Gasteiger partial charge in [0.15, 0.2) is 9.84 Å². The van der Waals surface area contributed by atoms with E-state index in [1.807, 2.05) is 13.8 Å². The summed E-state index contributed by atoms with van der Waals surface area (Å²) in [5.74, 6) is -4.70. The number of carboxylic acid groups (broad SMARTS) is 1. The number of hydrogen-bond acceptors (Lipinski definition) is 6. The lowest BCUT2D eigenvalue weighted by Gasteiger charge is -2.32. The summed E-state index contributed by atoms with van der Waals surface area (Å²) in [5, 5.41) is 15.0. The summed E-state index contributed by atoms with van der Waals surface area (Å²) < 4.78 is 58.0. The van der Waals surface area contributed by atoms with Crippen molar-refractivity contribution in [1.82, 2.24) is 15.5 Å². The number of halogens is 2. The number of aromatic carboxylic acids is 1. The van der Waals surface area contributed by atoms with Gasteiger partial charge in [-0.05, 0) is 48.7 Å². The predicted molar refractivity (Wildman–Crippen MR) is 160 cm³/mol. The highest BCUT2D eigenvalue weighted by Gasteiger charge is 2.53. The maximum absolute atomic E-state index is 15.3. The number of carbonyl (C=O) groups excluding carboxylic acids is 3. The van der Waals surface area contributed by atoms with Crippen LogP contribution in [0.5, 0.6) is 0 Å². The molecule has 4 N–H and O–H groups in total. The molecule has 0 bridgehead atoms. The number of rotatable bonds is 10. The number of amides is 4. The maximum Gasteiger partial charge on any atom is 0.335 e. The van der Waals surface area contributed by atoms with E-state index in [9.17, 15) is 37.1 Å². The zero-order chi connectivity index (χ0) is 32.9. The number of sulfone groups is 1. The Hall–Kier alpha value is -4.85. The topological polar surface area (TPSA) is 162 Å². The number of urea groups is 1. The van der Waals surface area contributed by atoms with Crippen LogP contribution in [0.1, 0.15) is 42.2 Å². The normalized spacial score (nSPS) is 18.0. The first-order chi connectivity index (χ1) is 21.3. The molecule has 0 aliphatic carbocycles. The summed E-state index contributed by atoms with van der Waals surface area (Å²) in [4.78, 5) is 51.4. The Bertz CT molecular complexity index is 1720. The van der Waals surface area contributed by atoms with Crippen molar-refractivity contribution < 1.29 is 41.5 Å². The van der Waals surface area contributed by atoms with Crippen LogP contribution in [0.2, 0.25) is 0 Å². The van der Waals surface area contributed by atoms with E-state index in [2.05, 4.69) is 16.0 Å². The van der Waals surface area contributed by atoms with Gasteiger partial charge in [-0.1, -0.05) is 50.2 Å². The first-order valence-electron chi connectivity index (χ1n) is 14.0. The van der Waals surface area contributed by atoms with Crippen molar-refractivity contribution in [3.8, 4) is 0 Å². The highest BCUT2D eigenvalue weighted by atomic mass is 32.2. The highest BCUT2D eigenvalue weighted by molar-refractivity contribution is 7.92. The lowest BCUT2D eigenvalue weighted by atomic mass is 10.0. The van der Waals surface area contributed by atoms with Crippen LogP contribution in [0.15, 0.2) is 77.7 Å². The molecule has 0 saturated carbocycles. The molecule has 11 nitrogen and oxygen atoms in total. The molecule has 238 valence electrons. The second kappa shape index (κ2) is 13.8. The quantitative estimate of drug-likeness (QED) is 0.262. The molecule has 14 heteroatoms. The maximum atomic E-state index is 15.3. The summed E-state index contributed by atoms with van der Waals surface area (Å²) in [6, 6.07) is 11.3. The van der Waals surface area contributed by atoms with Gasteiger partial charge in [-0.3, -0.25) is 9.59 Å². The van der Waals surface area contributed by atoms with Gasteiger partial charge in [-0.15, -0.1) is 0 Å². The molecule has 0 aromatic heterocycles. The molecule has 0 spiro atoms. The summed E-state index contributed by atoms with van der Waals surface area (Å²) in [6.45, 7) is 3.12. The van der Waals surface area contributed by atoms with E-state index in [-0.39, 0.29) is 29.3 Å². The first kappa shape index (κ1) is 33.1. The number of likely N-dealkylation sites (tertiary alicyclic amines) is 1. The molecule has 1 aliphatic rings. The van der Waals surface area contributed by atoms with Crippen molar-refractivity contribution in [2.24, 2.45) is 5.92 Å². The molecule has 4 amide bonds. The Morgan fingerprint density at radius 2 is 1.60 bits per heavy atom. The van der Waals surface area contributed by atoms with E-state index in [4.69, 9.17) is 0 Å². The molecular formula is C31H32F2N4O7S. The Balaban J connectivity index is 1.70. The Morgan fingerprint density at radius 1 is 0.933 bits per heavy atom. The lowest BCUT2D eigenvalue weighted by molar-refractivity contribution is -0.139. The number of hydrogen-bond donors (Lipinski definition) is 4. The van der Waals surface area contributed by atoms with Crippen molar-refractivity contribution in [2.75, 3.05) is 18.4 Å². The van der Waals surface area contributed by atoms with Crippen LogP contribution < -0.4 is 16.0 Å². The Morgan fingerprint density at radius 3 is 2.24 bits per heavy atom. The molecule has 1 fully saturated rings. The molecule has 3 aromatic carbocycles. The van der Waals surface area contributed by atoms with Gasteiger partial charge in [0.2, 0.25) is 11.8 Å². The van der Waals surface area contributed by atoms with Gasteiger partial charge in [0, 0.05) is 17.8 Å². The lowest BCUT2D eigenvalue weighted by Crippen LogP contribution is -2.50. The van der Waals surface area contributed by atoms with Crippen LogP contribution in [0.25, 0.3) is 0 Å². The molecular weight excluding hydrogens is 610 g/mol. The van der Waals surface area contributed by atoms with E-state index in [1.165, 1.54) is 54.6 Å². The summed E-state index contributed by atoms with van der Waals surface area (Å²) in [5.41, 5.74) is -0.178. The molecule has 1 heterocycles. The van der Waals surface area contributed by atoms with Crippen LogP contribution in [0.4, 0.5) is 19.3 Å². The molecule has 45 heavy (non-hydrogen) atoms. The Kier molecular flexibility index (Phi) is 10.2. The first-order valence-corrected chi connectivity index (χ1v) is 15.6. The van der Waals surface area contributed by atoms with Crippen molar-refractivity contribution in [3.05, 3.63) is 95.6 Å². The van der Waals surface area contributed by atoms with E-state index < -0.39 is 80.5 Å². The van der Waals surface area contributed by atoms with Crippen LogP contribution in [-0.2, 0) is 19.4 Å². The SMILES string of the molecule is CC(C)CNC(=O)C1CC(S(=O)(=O)c2ccccc2F)C(c2ccccc2F)N1C(=O)CNC(=O)Nc1cccc(C(=O)O)c1. The second-order valence-corrected chi connectivity index (χ2v) is 13.0. The van der Waals surface area contributed by atoms with Crippen LogP contribution in [0.3, 0.4) is 0 Å². The van der Waals surface area contributed by atoms with Crippen molar-refractivity contribution in [2.45, 2.75) is 42.5 Å². The summed E-state index contributed by atoms with van der Waals surface area (Å²) >= 11 is 0. The average Bonchev–Trinajstić information content (AvgIpc) is 3.41. The van der Waals surface area contributed by atoms with Gasteiger partial charge in [0.1, 0.15) is 22.6 Å². The fourth-order valence-electron chi connectivity index (χ4n) is 5.17. The van der Waals surface area contributed by atoms with Gasteiger partial charge in [-0.25, -0.2) is 26.8 Å². The summed E-state index contributed by atoms with van der Waals surface area (Å²) in [7, 11) is -4.59. The molecule has 1 aliphatic heterocycles. The minimum atomic E-state index is -4.59. The fourth-order valence-corrected chi connectivity index (χ4v) is 7.16. The largest absolute Gasteiger partial charge is 0.478 e. The number of benzene rings is 3. The molecule has 3 atom stereocenters. The zero-order valence-corrected chi connectivity index (χ0v) is 25.2. The van der Waals surface area contributed by atoms with E-state index >= 15 is 4.39 Å². The molecule has 0 radical (unpaired) electrons. The van der Waals surface area contributed by atoms with E-state index in [0.29, 0.717) is 0 Å². The molecule has 3 aromatic rings. The third kappa shape index (κ3) is 7.45. The number of anilines is 1. The zero-order valence-electron chi connectivity index (χ0n) is 24.4. The van der Waals surface area contributed by atoms with Crippen LogP contribution in [0, 0.1) is 17.6 Å². The van der Waals surface area contributed by atoms with Gasteiger partial charge in [0.25, 0.3) is 0 Å². The molecule has 4 rings (SSSR count). The van der Waals surface area contributed by atoms with Gasteiger partial charge >= 0.3 is 12.0 Å². The number of carbonyl (C=O) groups is 4. The van der Waals surface area contributed by atoms with Gasteiger partial charge in [0.05, 0.1) is 23.4 Å². The fraction of sp³-hybridized carbons (Fsp3) is 0.290. The Labute approximate surface area is 258 Å². The average molecular weight is 643 g/mol. The van der Waals surface area contributed by atoms with Crippen LogP contribution in [-0.4, -0.2) is 66.6 Å². The molecule has 1 saturated heterocycles. The van der Waals surface area contributed by atoms with Crippen molar-refractivity contribution >= 4 is 39.3 Å². The monoisotopic (exact) mass is 642 g/mol. The van der Waals surface area contributed by atoms with Gasteiger partial charge in [-0.2, -0.15) is 0 Å². The van der Waals surface area contributed by atoms with Crippen molar-refractivity contribution in [1.29, 1.82) is 0 Å². The smallest absolute Gasteiger partial charge is 0.335 e. The predicted octanol–water partition coefficient (Wildman–Crippen LogP) is 3.74.